The number of aromatic nitrogens is 4. The molecule has 356 valence electrons. The lowest BCUT2D eigenvalue weighted by Gasteiger charge is -2.60. The predicted molar refractivity (Wildman–Crippen MR) is 259 cm³/mol. The molecule has 5 aromatic rings. The third kappa shape index (κ3) is 6.88. The van der Waals surface area contributed by atoms with E-state index in [9.17, 15) is 19.2 Å². The molecule has 4 amide bonds. The van der Waals surface area contributed by atoms with Crippen LogP contribution in [-0.4, -0.2) is 103 Å². The van der Waals surface area contributed by atoms with Crippen molar-refractivity contribution in [2.45, 2.75) is 115 Å². The van der Waals surface area contributed by atoms with Crippen molar-refractivity contribution in [3.05, 3.63) is 102 Å². The molecule has 69 heavy (non-hydrogen) atoms. The largest absolute Gasteiger partial charge is 0.453 e. The molecule has 4 N–H and O–H groups in total. The van der Waals surface area contributed by atoms with Gasteiger partial charge in [0.15, 0.2) is 0 Å². The van der Waals surface area contributed by atoms with E-state index in [-0.39, 0.29) is 53.4 Å². The zero-order chi connectivity index (χ0) is 47.8. The number of H-pyrrole nitrogens is 2. The number of carbonyl (C=O) groups is 4. The lowest BCUT2D eigenvalue weighted by atomic mass is 9.74. The summed E-state index contributed by atoms with van der Waals surface area (Å²) in [6.45, 7) is 10.1. The lowest BCUT2D eigenvalue weighted by molar-refractivity contribution is -0.137. The molecule has 0 spiro atoms. The first-order chi connectivity index (χ1) is 33.2. The van der Waals surface area contributed by atoms with Crippen molar-refractivity contribution < 1.29 is 28.7 Å². The van der Waals surface area contributed by atoms with Crippen LogP contribution in [0.15, 0.2) is 79.1 Å². The highest BCUT2D eigenvalue weighted by molar-refractivity contribution is 5.95. The van der Waals surface area contributed by atoms with Crippen LogP contribution in [0, 0.1) is 23.7 Å². The van der Waals surface area contributed by atoms with Crippen molar-refractivity contribution in [1.82, 2.24) is 45.3 Å². The maximum Gasteiger partial charge on any atom is 0.407 e. The van der Waals surface area contributed by atoms with Gasteiger partial charge >= 0.3 is 12.2 Å². The highest BCUT2D eigenvalue weighted by Crippen LogP contribution is 2.67. The summed E-state index contributed by atoms with van der Waals surface area (Å²) in [6, 6.07) is 20.9. The molecule has 7 aliphatic rings. The number of hydrogen-bond donors (Lipinski definition) is 4. The number of piperidine rings is 2. The van der Waals surface area contributed by atoms with Gasteiger partial charge in [-0.15, -0.1) is 0 Å². The molecule has 0 bridgehead atoms. The Kier molecular flexibility index (Phi) is 9.95. The number of benzene rings is 3. The van der Waals surface area contributed by atoms with Gasteiger partial charge in [0.1, 0.15) is 23.7 Å². The smallest absolute Gasteiger partial charge is 0.407 e. The molecule has 10 atom stereocenters. The molecule has 7 heterocycles. The predicted octanol–water partition coefficient (Wildman–Crippen LogP) is 8.76. The molecule has 5 fully saturated rings. The first-order valence-corrected chi connectivity index (χ1v) is 24.6. The number of ether oxygens (including phenoxy) is 2. The fourth-order valence-corrected chi connectivity index (χ4v) is 12.6. The van der Waals surface area contributed by atoms with E-state index in [0.717, 1.165) is 77.4 Å². The van der Waals surface area contributed by atoms with Crippen molar-refractivity contribution in [2.24, 2.45) is 23.7 Å². The van der Waals surface area contributed by atoms with Crippen LogP contribution < -0.4 is 10.6 Å². The van der Waals surface area contributed by atoms with E-state index < -0.39 is 24.3 Å². The Hall–Kier alpha value is -6.90. The van der Waals surface area contributed by atoms with Gasteiger partial charge in [0.25, 0.3) is 0 Å². The Morgan fingerprint density at radius 3 is 1.54 bits per heavy atom. The average molecular weight is 930 g/mol. The number of aromatic amines is 2. The van der Waals surface area contributed by atoms with Gasteiger partial charge in [0.2, 0.25) is 11.8 Å². The summed E-state index contributed by atoms with van der Waals surface area (Å²) in [7, 11) is 2.62. The van der Waals surface area contributed by atoms with Crippen LogP contribution in [-0.2, 0) is 19.1 Å². The number of nitrogens with zero attached hydrogens (tertiary/aromatic N) is 5. The second kappa shape index (κ2) is 15.8. The molecule has 2 aromatic heterocycles. The van der Waals surface area contributed by atoms with Gasteiger partial charge in [-0.05, 0) is 108 Å². The van der Waals surface area contributed by atoms with E-state index in [1.54, 1.807) is 0 Å². The Morgan fingerprint density at radius 2 is 1.09 bits per heavy atom. The minimum Gasteiger partial charge on any atom is -0.453 e. The molecule has 3 aromatic carbocycles. The number of fused-ring (bicyclic) bond motifs is 5. The Bertz CT molecular complexity index is 2960. The fourth-order valence-electron chi connectivity index (χ4n) is 12.6. The standard InChI is InChI=1S/C54H59N9O6/c1-26(2)46(59-52(66)68-6)50(64)61-38-18-32(38)20-40(61)48-55-24-36(57-48)30-12-8-28(9-13-30)34-16-17-35(45-43-23-54(5)22-42(44(34)45)63(43)54)29-10-14-31(15-11-29)37-25-56-49(58-37)41-21-33-19-39(33)62(41)51(65)47(27(3)4)60-53(67)69-7/h8-17,22,24-27,32-33,38-41,43,46-47H,18-21,23H2,1-7H3,(H,55,57)(H,56,58)(H,59,66)(H,60,67)/t32?,33?,38?,39?,40-,41-,43?,46-,47-,54?/m0/s1. The average Bonchev–Trinajstić information content (AvgIpc) is 3.89. The number of hydrogen-bond acceptors (Lipinski definition) is 9. The van der Waals surface area contributed by atoms with Gasteiger partial charge in [-0.1, -0.05) is 88.4 Å². The summed E-state index contributed by atoms with van der Waals surface area (Å²) in [6.07, 6.45) is 9.69. The van der Waals surface area contributed by atoms with Crippen LogP contribution >= 0.6 is 0 Å². The molecule has 6 unspecified atom stereocenters. The Labute approximate surface area is 401 Å². The molecule has 5 aliphatic heterocycles. The normalized spacial score (nSPS) is 27.1. The first kappa shape index (κ1) is 43.4. The van der Waals surface area contributed by atoms with Gasteiger partial charge in [0, 0.05) is 23.3 Å². The maximum atomic E-state index is 14.0. The summed E-state index contributed by atoms with van der Waals surface area (Å²) in [5, 5.41) is 5.53. The number of methoxy groups -OCH3 is 2. The van der Waals surface area contributed by atoms with Crippen molar-refractivity contribution in [1.29, 1.82) is 0 Å². The molecular formula is C54H59N9O6. The van der Waals surface area contributed by atoms with Crippen LogP contribution in [0.25, 0.3) is 50.5 Å². The van der Waals surface area contributed by atoms with E-state index in [4.69, 9.17) is 19.4 Å². The zero-order valence-electron chi connectivity index (χ0n) is 40.1. The van der Waals surface area contributed by atoms with E-state index in [1.165, 1.54) is 42.2 Å². The first-order valence-electron chi connectivity index (χ1n) is 24.6. The summed E-state index contributed by atoms with van der Waals surface area (Å²) in [5.41, 5.74) is 12.7. The highest BCUT2D eigenvalue weighted by Gasteiger charge is 2.61. The van der Waals surface area contributed by atoms with Crippen molar-refractivity contribution in [3.63, 3.8) is 0 Å². The minimum atomic E-state index is -0.680. The lowest BCUT2D eigenvalue weighted by Crippen LogP contribution is -2.60. The summed E-state index contributed by atoms with van der Waals surface area (Å²) in [4.78, 5) is 75.5. The summed E-state index contributed by atoms with van der Waals surface area (Å²) < 4.78 is 9.68. The van der Waals surface area contributed by atoms with Crippen molar-refractivity contribution >= 4 is 29.7 Å². The molecule has 2 aliphatic carbocycles. The SMILES string of the molecule is COC(=O)N[C@H](C(=O)N1C2CC2C[C@H]1c1ncc(-c2ccc(-c3ccc(-c4ccc(-c5cnc([C@@H]6CC7CC7N6C(=O)[C@@H](NC(=O)OC)C(C)C)[nH]5)cc4)c4c3C3=CC5(C)CC4N35)cc2)[nH]1)C(C)C. The van der Waals surface area contributed by atoms with Gasteiger partial charge in [0.05, 0.1) is 61.7 Å². The van der Waals surface area contributed by atoms with E-state index in [0.29, 0.717) is 17.9 Å². The Balaban J connectivity index is 0.782. The number of rotatable bonds is 12. The topological polar surface area (TPSA) is 178 Å². The number of carbonyl (C=O) groups excluding carboxylic acids is 4. The molecule has 15 heteroatoms. The molecule has 3 saturated heterocycles. The second-order valence-electron chi connectivity index (χ2n) is 21.3. The van der Waals surface area contributed by atoms with Gasteiger partial charge in [-0.3, -0.25) is 9.59 Å². The molecule has 2 saturated carbocycles. The molecular weight excluding hydrogens is 871 g/mol. The van der Waals surface area contributed by atoms with Gasteiger partial charge < -0.3 is 44.8 Å². The summed E-state index contributed by atoms with van der Waals surface area (Å²) in [5.74, 6) is 2.04. The van der Waals surface area contributed by atoms with Gasteiger partial charge in [-0.2, -0.15) is 0 Å². The number of amides is 4. The number of likely N-dealkylation sites (tertiary alicyclic amines) is 2. The van der Waals surface area contributed by atoms with Crippen LogP contribution in [0.4, 0.5) is 9.59 Å². The second-order valence-corrected chi connectivity index (χ2v) is 21.3. The van der Waals surface area contributed by atoms with Crippen LogP contribution in [0.3, 0.4) is 0 Å². The van der Waals surface area contributed by atoms with Crippen LogP contribution in [0.5, 0.6) is 0 Å². The zero-order valence-corrected chi connectivity index (χ0v) is 40.1. The van der Waals surface area contributed by atoms with Gasteiger partial charge in [-0.25, -0.2) is 19.6 Å². The van der Waals surface area contributed by atoms with E-state index >= 15 is 0 Å². The minimum absolute atomic E-state index is 0.0910. The summed E-state index contributed by atoms with van der Waals surface area (Å²) >= 11 is 0. The number of alkyl carbamates (subject to hydrolysis) is 2. The van der Waals surface area contributed by atoms with Crippen LogP contribution in [0.1, 0.15) is 108 Å². The molecule has 15 nitrogen and oxygen atoms in total. The Morgan fingerprint density at radius 1 is 0.638 bits per heavy atom. The van der Waals surface area contributed by atoms with Crippen LogP contribution in [0.2, 0.25) is 0 Å². The molecule has 0 radical (unpaired) electrons. The fraction of sp³-hybridized carbons (Fsp3) is 0.444. The monoisotopic (exact) mass is 929 g/mol. The van der Waals surface area contributed by atoms with E-state index in [1.807, 2.05) is 49.9 Å². The van der Waals surface area contributed by atoms with Crippen molar-refractivity contribution in [3.8, 4) is 44.8 Å². The third-order valence-corrected chi connectivity index (χ3v) is 16.3. The number of nitrogens with one attached hydrogen (secondary N) is 4. The highest BCUT2D eigenvalue weighted by atomic mass is 16.5. The quantitative estimate of drug-likeness (QED) is 0.0953. The van der Waals surface area contributed by atoms with E-state index in [2.05, 4.69) is 99.2 Å². The molecule has 12 rings (SSSR count). The number of imidazole rings is 2. The maximum absolute atomic E-state index is 14.0. The third-order valence-electron chi connectivity index (χ3n) is 16.3. The van der Waals surface area contributed by atoms with Crippen molar-refractivity contribution in [2.75, 3.05) is 14.2 Å².